The molecule has 1 aromatic carbocycles. The molecular weight excluding hydrogens is 372 g/mol. The van der Waals surface area contributed by atoms with E-state index in [-0.39, 0.29) is 16.2 Å². The zero-order valence-electron chi connectivity index (χ0n) is 14.5. The van der Waals surface area contributed by atoms with Crippen LogP contribution in [0.15, 0.2) is 50.5 Å². The van der Waals surface area contributed by atoms with Gasteiger partial charge in [-0.3, -0.25) is 9.89 Å². The molecule has 0 aliphatic heterocycles. The van der Waals surface area contributed by atoms with E-state index in [1.807, 2.05) is 19.9 Å². The Morgan fingerprint density at radius 2 is 2.04 bits per heavy atom. The minimum absolute atomic E-state index is 0.177. The standard InChI is InChI=1S/C19H15F2N3O2S/c1-10-6-13(11(2)26-10)15-8-17-22-12(7-18(25)24(17)23-15)9-27-16-5-3-4-14(20)19(16)21/h3-8,23H,9H2,1-2H3. The van der Waals surface area contributed by atoms with Gasteiger partial charge in [-0.1, -0.05) is 6.07 Å². The number of aromatic amines is 1. The first-order valence-corrected chi connectivity index (χ1v) is 9.17. The molecule has 0 saturated heterocycles. The number of halogens is 2. The molecular formula is C19H15F2N3O2S. The van der Waals surface area contributed by atoms with Crippen LogP contribution in [-0.4, -0.2) is 14.6 Å². The smallest absolute Gasteiger partial charge is 0.272 e. The molecule has 138 valence electrons. The van der Waals surface area contributed by atoms with Gasteiger partial charge >= 0.3 is 0 Å². The Kier molecular flexibility index (Phi) is 4.35. The molecule has 3 aromatic heterocycles. The Morgan fingerprint density at radius 3 is 2.78 bits per heavy atom. The molecule has 0 radical (unpaired) electrons. The predicted molar refractivity (Wildman–Crippen MR) is 98.9 cm³/mol. The zero-order chi connectivity index (χ0) is 19.1. The van der Waals surface area contributed by atoms with E-state index >= 15 is 0 Å². The summed E-state index contributed by atoms with van der Waals surface area (Å²) in [6.07, 6.45) is 0. The van der Waals surface area contributed by atoms with Crippen LogP contribution in [0.25, 0.3) is 16.9 Å². The number of aryl methyl sites for hydroxylation is 2. The number of H-pyrrole nitrogens is 1. The molecule has 5 nitrogen and oxygen atoms in total. The lowest BCUT2D eigenvalue weighted by Gasteiger charge is -2.03. The van der Waals surface area contributed by atoms with Crippen molar-refractivity contribution in [3.05, 3.63) is 75.6 Å². The highest BCUT2D eigenvalue weighted by Crippen LogP contribution is 2.27. The molecule has 0 fully saturated rings. The molecule has 0 aliphatic rings. The van der Waals surface area contributed by atoms with E-state index in [0.717, 1.165) is 40.6 Å². The lowest BCUT2D eigenvalue weighted by atomic mass is 10.2. The van der Waals surface area contributed by atoms with Crippen molar-refractivity contribution in [1.29, 1.82) is 0 Å². The molecule has 3 heterocycles. The minimum atomic E-state index is -0.899. The number of rotatable bonds is 4. The Hall–Kier alpha value is -2.87. The summed E-state index contributed by atoms with van der Waals surface area (Å²) < 4.78 is 33.9. The third kappa shape index (κ3) is 3.28. The van der Waals surface area contributed by atoms with Gasteiger partial charge in [0.2, 0.25) is 0 Å². The van der Waals surface area contributed by atoms with Crippen LogP contribution in [0.5, 0.6) is 0 Å². The Morgan fingerprint density at radius 1 is 1.22 bits per heavy atom. The molecule has 0 atom stereocenters. The third-order valence-electron chi connectivity index (χ3n) is 4.13. The van der Waals surface area contributed by atoms with E-state index < -0.39 is 11.6 Å². The Bertz CT molecular complexity index is 1210. The highest BCUT2D eigenvalue weighted by molar-refractivity contribution is 7.98. The quantitative estimate of drug-likeness (QED) is 0.525. The second kappa shape index (κ2) is 6.70. The van der Waals surface area contributed by atoms with Crippen LogP contribution in [-0.2, 0) is 5.75 Å². The number of furan rings is 1. The molecule has 0 unspecified atom stereocenters. The number of nitrogens with one attached hydrogen (secondary N) is 1. The van der Waals surface area contributed by atoms with Gasteiger partial charge in [-0.15, -0.1) is 11.8 Å². The van der Waals surface area contributed by atoms with Gasteiger partial charge in [0.05, 0.1) is 11.4 Å². The van der Waals surface area contributed by atoms with Crippen molar-refractivity contribution >= 4 is 17.4 Å². The van der Waals surface area contributed by atoms with Gasteiger partial charge in [-0.05, 0) is 32.0 Å². The van der Waals surface area contributed by atoms with Crippen molar-refractivity contribution in [3.8, 4) is 11.3 Å². The molecule has 0 bridgehead atoms. The van der Waals surface area contributed by atoms with Gasteiger partial charge in [-0.25, -0.2) is 18.3 Å². The van der Waals surface area contributed by atoms with Crippen LogP contribution in [0.1, 0.15) is 17.2 Å². The van der Waals surface area contributed by atoms with E-state index in [1.54, 1.807) is 6.07 Å². The Balaban J connectivity index is 1.66. The maximum atomic E-state index is 13.8. The molecule has 0 amide bonds. The first-order chi connectivity index (χ1) is 12.9. The maximum absolute atomic E-state index is 13.8. The van der Waals surface area contributed by atoms with Gasteiger partial charge < -0.3 is 4.42 Å². The first-order valence-electron chi connectivity index (χ1n) is 8.18. The van der Waals surface area contributed by atoms with E-state index in [4.69, 9.17) is 4.42 Å². The highest BCUT2D eigenvalue weighted by atomic mass is 32.2. The summed E-state index contributed by atoms with van der Waals surface area (Å²) >= 11 is 1.09. The number of benzene rings is 1. The zero-order valence-corrected chi connectivity index (χ0v) is 15.4. The van der Waals surface area contributed by atoms with Gasteiger partial charge in [0.1, 0.15) is 11.5 Å². The van der Waals surface area contributed by atoms with Gasteiger partial charge in [0.25, 0.3) is 5.56 Å². The number of hydrogen-bond acceptors (Lipinski definition) is 4. The van der Waals surface area contributed by atoms with Crippen molar-refractivity contribution < 1.29 is 13.2 Å². The molecule has 0 saturated carbocycles. The summed E-state index contributed by atoms with van der Waals surface area (Å²) in [6.45, 7) is 3.70. The number of aromatic nitrogens is 3. The predicted octanol–water partition coefficient (Wildman–Crippen LogP) is 4.47. The van der Waals surface area contributed by atoms with Crippen molar-refractivity contribution in [2.75, 3.05) is 0 Å². The van der Waals surface area contributed by atoms with E-state index in [1.165, 1.54) is 22.7 Å². The van der Waals surface area contributed by atoms with Crippen molar-refractivity contribution in [2.45, 2.75) is 24.5 Å². The summed E-state index contributed by atoms with van der Waals surface area (Å²) in [7, 11) is 0. The van der Waals surface area contributed by atoms with Crippen LogP contribution in [0.3, 0.4) is 0 Å². The lowest BCUT2D eigenvalue weighted by molar-refractivity contribution is 0.491. The summed E-state index contributed by atoms with van der Waals surface area (Å²) in [5.74, 6) is -0.0316. The minimum Gasteiger partial charge on any atom is -0.466 e. The summed E-state index contributed by atoms with van der Waals surface area (Å²) in [6, 6.07) is 9.03. The Labute approximate surface area is 157 Å². The van der Waals surface area contributed by atoms with Crippen molar-refractivity contribution in [1.82, 2.24) is 14.6 Å². The van der Waals surface area contributed by atoms with Crippen LogP contribution < -0.4 is 5.56 Å². The van der Waals surface area contributed by atoms with Crippen LogP contribution in [0.2, 0.25) is 0 Å². The van der Waals surface area contributed by atoms with Crippen molar-refractivity contribution in [2.24, 2.45) is 0 Å². The fraction of sp³-hybridized carbons (Fsp3) is 0.158. The number of thioether (sulfide) groups is 1. The summed E-state index contributed by atoms with van der Waals surface area (Å²) in [5.41, 5.74) is 2.23. The van der Waals surface area contributed by atoms with Gasteiger partial charge in [0.15, 0.2) is 17.3 Å². The summed E-state index contributed by atoms with van der Waals surface area (Å²) in [5, 5.41) is 3.02. The van der Waals surface area contributed by atoms with Gasteiger partial charge in [-0.2, -0.15) is 0 Å². The highest BCUT2D eigenvalue weighted by Gasteiger charge is 2.13. The van der Waals surface area contributed by atoms with E-state index in [9.17, 15) is 13.6 Å². The van der Waals surface area contributed by atoms with Crippen LogP contribution >= 0.6 is 11.8 Å². The first kappa shape index (κ1) is 17.5. The molecule has 4 aromatic rings. The number of nitrogens with zero attached hydrogens (tertiary/aromatic N) is 2. The second-order valence-electron chi connectivity index (χ2n) is 6.12. The maximum Gasteiger partial charge on any atom is 0.272 e. The monoisotopic (exact) mass is 387 g/mol. The van der Waals surface area contributed by atoms with Crippen molar-refractivity contribution in [3.63, 3.8) is 0 Å². The average Bonchev–Trinajstić information content (AvgIpc) is 3.19. The normalized spacial score (nSPS) is 11.4. The summed E-state index contributed by atoms with van der Waals surface area (Å²) in [4.78, 5) is 17.0. The van der Waals surface area contributed by atoms with E-state index in [2.05, 4.69) is 10.1 Å². The van der Waals surface area contributed by atoms with Gasteiger partial charge in [0, 0.05) is 28.3 Å². The third-order valence-corrected chi connectivity index (χ3v) is 5.19. The lowest BCUT2D eigenvalue weighted by Crippen LogP contribution is -2.15. The number of hydrogen-bond donors (Lipinski definition) is 1. The SMILES string of the molecule is Cc1cc(-c2cc3nc(CSc4cccc(F)c4F)cc(=O)n3[nH]2)c(C)o1. The second-order valence-corrected chi connectivity index (χ2v) is 7.13. The molecule has 4 rings (SSSR count). The van der Waals surface area contributed by atoms with Crippen LogP contribution in [0, 0.1) is 25.5 Å². The van der Waals surface area contributed by atoms with E-state index in [0.29, 0.717) is 11.3 Å². The fourth-order valence-electron chi connectivity index (χ4n) is 2.90. The van der Waals surface area contributed by atoms with Crippen LogP contribution in [0.4, 0.5) is 8.78 Å². The molecule has 1 N–H and O–H groups in total. The molecule has 8 heteroatoms. The molecule has 0 aliphatic carbocycles. The number of fused-ring (bicyclic) bond motifs is 1. The average molecular weight is 387 g/mol. The molecule has 0 spiro atoms. The topological polar surface area (TPSA) is 63.3 Å². The fourth-order valence-corrected chi connectivity index (χ4v) is 3.75. The largest absolute Gasteiger partial charge is 0.466 e. The molecule has 27 heavy (non-hydrogen) atoms.